The smallest absolute Gasteiger partial charge is 0.0244 e. The molecule has 1 nitrogen and oxygen atoms in total. The Kier molecular flexibility index (Phi) is 2.06. The predicted octanol–water partition coefficient (Wildman–Crippen LogP) is 2.72. The molecule has 0 bridgehead atoms. The number of thiazole rings is 1. The van der Waals surface area contributed by atoms with Crippen molar-refractivity contribution in [3.63, 3.8) is 0 Å². The molecule has 0 saturated heterocycles. The molecule has 1 aromatic carbocycles. The molecule has 0 aliphatic heterocycles. The molecular formula is C9H6NS2-. The normalized spacial score (nSPS) is 10.0. The van der Waals surface area contributed by atoms with E-state index in [1.165, 1.54) is 5.56 Å². The van der Waals surface area contributed by atoms with Gasteiger partial charge in [-0.05, 0) is 14.8 Å². The van der Waals surface area contributed by atoms with Crippen LogP contribution >= 0.6 is 11.3 Å². The van der Waals surface area contributed by atoms with E-state index in [1.54, 1.807) is 11.3 Å². The molecule has 0 N–H and O–H groups in total. The number of benzene rings is 1. The molecule has 60 valence electrons. The van der Waals surface area contributed by atoms with Gasteiger partial charge < -0.3 is 24.0 Å². The summed E-state index contributed by atoms with van der Waals surface area (Å²) in [6, 6.07) is 10.1. The van der Waals surface area contributed by atoms with E-state index in [0.29, 0.717) is 4.34 Å². The van der Waals surface area contributed by atoms with Crippen LogP contribution in [-0.4, -0.2) is 4.98 Å². The van der Waals surface area contributed by atoms with Gasteiger partial charge in [-0.1, -0.05) is 30.3 Å². The van der Waals surface area contributed by atoms with Crippen molar-refractivity contribution in [1.82, 2.24) is 4.98 Å². The molecule has 1 aromatic heterocycles. The van der Waals surface area contributed by atoms with Gasteiger partial charge in [0.15, 0.2) is 0 Å². The van der Waals surface area contributed by atoms with Crippen molar-refractivity contribution < 1.29 is 0 Å². The lowest BCUT2D eigenvalue weighted by Gasteiger charge is -1.98. The van der Waals surface area contributed by atoms with Crippen molar-refractivity contribution in [2.24, 2.45) is 0 Å². The first kappa shape index (κ1) is 7.71. The summed E-state index contributed by atoms with van der Waals surface area (Å²) in [6.07, 6.45) is 1.82. The molecular weight excluding hydrogens is 186 g/mol. The van der Waals surface area contributed by atoms with Gasteiger partial charge >= 0.3 is 0 Å². The Morgan fingerprint density at radius 1 is 1.17 bits per heavy atom. The Morgan fingerprint density at radius 2 is 1.92 bits per heavy atom. The average molecular weight is 192 g/mol. The largest absolute Gasteiger partial charge is 0.408 e. The summed E-state index contributed by atoms with van der Waals surface area (Å²) in [5, 5.41) is 0. The van der Waals surface area contributed by atoms with E-state index in [1.807, 2.05) is 24.4 Å². The van der Waals surface area contributed by atoms with Crippen LogP contribution in [0.2, 0.25) is 0 Å². The highest BCUT2D eigenvalue weighted by atomic mass is 32.2. The van der Waals surface area contributed by atoms with Gasteiger partial charge in [0, 0.05) is 6.20 Å². The molecule has 0 radical (unpaired) electrons. The minimum atomic E-state index is 0.703. The zero-order chi connectivity index (χ0) is 8.39. The molecule has 0 unspecified atom stereocenters. The van der Waals surface area contributed by atoms with Crippen LogP contribution in [0.1, 0.15) is 0 Å². The lowest BCUT2D eigenvalue weighted by molar-refractivity contribution is 1.26. The molecule has 0 fully saturated rings. The Bertz CT molecular complexity index is 367. The minimum Gasteiger partial charge on any atom is -0.408 e. The predicted molar refractivity (Wildman–Crippen MR) is 53.2 cm³/mol. The second kappa shape index (κ2) is 3.21. The van der Waals surface area contributed by atoms with E-state index < -0.39 is 0 Å². The van der Waals surface area contributed by atoms with E-state index in [2.05, 4.69) is 17.1 Å². The fourth-order valence-electron chi connectivity index (χ4n) is 0.994. The Balaban J connectivity index is 2.45. The Morgan fingerprint density at radius 3 is 2.50 bits per heavy atom. The lowest BCUT2D eigenvalue weighted by atomic mass is 10.2. The van der Waals surface area contributed by atoms with Gasteiger partial charge in [-0.15, -0.1) is 0 Å². The van der Waals surface area contributed by atoms with Crippen molar-refractivity contribution in [2.45, 2.75) is 4.34 Å². The summed E-state index contributed by atoms with van der Waals surface area (Å²) in [7, 11) is 0. The standard InChI is InChI=1S/C9H7NS2/c11-9-10-6-8(12-9)7-4-2-1-3-5-7/h1-6H,(H,10,11)/p-1. The van der Waals surface area contributed by atoms with E-state index in [4.69, 9.17) is 12.6 Å². The van der Waals surface area contributed by atoms with Gasteiger partial charge in [0.25, 0.3) is 0 Å². The summed E-state index contributed by atoms with van der Waals surface area (Å²) >= 11 is 6.48. The third-order valence-electron chi connectivity index (χ3n) is 1.54. The second-order valence-corrected chi connectivity index (χ2v) is 4.03. The van der Waals surface area contributed by atoms with Crippen LogP contribution in [0.4, 0.5) is 0 Å². The number of hydrogen-bond donors (Lipinski definition) is 0. The summed E-state index contributed by atoms with van der Waals surface area (Å²) < 4.78 is 0.703. The van der Waals surface area contributed by atoms with Crippen molar-refractivity contribution in [3.8, 4) is 10.4 Å². The van der Waals surface area contributed by atoms with Crippen LogP contribution < -0.4 is 0 Å². The fraction of sp³-hybridized carbons (Fsp3) is 0. The van der Waals surface area contributed by atoms with E-state index in [9.17, 15) is 0 Å². The molecule has 0 atom stereocenters. The monoisotopic (exact) mass is 192 g/mol. The summed E-state index contributed by atoms with van der Waals surface area (Å²) in [4.78, 5) is 5.17. The van der Waals surface area contributed by atoms with Crippen LogP contribution in [0.5, 0.6) is 0 Å². The molecule has 0 aliphatic carbocycles. The van der Waals surface area contributed by atoms with Crippen molar-refractivity contribution in [3.05, 3.63) is 36.5 Å². The minimum absolute atomic E-state index is 0.703. The number of nitrogens with zero attached hydrogens (tertiary/aromatic N) is 1. The molecule has 12 heavy (non-hydrogen) atoms. The van der Waals surface area contributed by atoms with E-state index in [-0.39, 0.29) is 0 Å². The first-order valence-corrected chi connectivity index (χ1v) is 4.77. The SMILES string of the molecule is [S-]c1ncc(-c2ccccc2)s1. The van der Waals surface area contributed by atoms with Gasteiger partial charge in [-0.25, -0.2) is 0 Å². The molecule has 0 amide bonds. The average Bonchev–Trinajstić information content (AvgIpc) is 2.54. The summed E-state index contributed by atoms with van der Waals surface area (Å²) in [6.45, 7) is 0. The lowest BCUT2D eigenvalue weighted by Crippen LogP contribution is -1.67. The first-order valence-electron chi connectivity index (χ1n) is 3.54. The fourth-order valence-corrected chi connectivity index (χ4v) is 1.97. The zero-order valence-corrected chi connectivity index (χ0v) is 7.86. The van der Waals surface area contributed by atoms with Gasteiger partial charge in [-0.2, -0.15) is 0 Å². The van der Waals surface area contributed by atoms with Crippen molar-refractivity contribution in [2.75, 3.05) is 0 Å². The summed E-state index contributed by atoms with van der Waals surface area (Å²) in [5.74, 6) is 0. The highest BCUT2D eigenvalue weighted by molar-refractivity contribution is 7.62. The number of aromatic nitrogens is 1. The molecule has 2 rings (SSSR count). The Hall–Kier alpha value is -0.930. The van der Waals surface area contributed by atoms with Crippen LogP contribution in [0, 0.1) is 0 Å². The van der Waals surface area contributed by atoms with Gasteiger partial charge in [-0.3, -0.25) is 4.98 Å². The summed E-state index contributed by atoms with van der Waals surface area (Å²) in [5.41, 5.74) is 1.19. The van der Waals surface area contributed by atoms with Gasteiger partial charge in [0.05, 0.1) is 0 Å². The second-order valence-electron chi connectivity index (χ2n) is 2.36. The van der Waals surface area contributed by atoms with E-state index in [0.717, 1.165) is 4.88 Å². The quantitative estimate of drug-likeness (QED) is 0.644. The molecule has 0 spiro atoms. The van der Waals surface area contributed by atoms with Gasteiger partial charge in [0.2, 0.25) is 0 Å². The highest BCUT2D eigenvalue weighted by Gasteiger charge is 1.91. The van der Waals surface area contributed by atoms with Gasteiger partial charge in [0.1, 0.15) is 0 Å². The van der Waals surface area contributed by atoms with Crippen LogP contribution in [-0.2, 0) is 12.6 Å². The highest BCUT2D eigenvalue weighted by Crippen LogP contribution is 2.25. The Labute approximate surface area is 80.5 Å². The van der Waals surface area contributed by atoms with Crippen LogP contribution in [0.15, 0.2) is 40.9 Å². The molecule has 0 aliphatic rings. The van der Waals surface area contributed by atoms with Crippen molar-refractivity contribution in [1.29, 1.82) is 0 Å². The molecule has 3 heteroatoms. The van der Waals surface area contributed by atoms with E-state index >= 15 is 0 Å². The van der Waals surface area contributed by atoms with Crippen LogP contribution in [0.3, 0.4) is 0 Å². The van der Waals surface area contributed by atoms with Crippen LogP contribution in [0.25, 0.3) is 10.4 Å². The topological polar surface area (TPSA) is 12.9 Å². The third kappa shape index (κ3) is 1.47. The maximum Gasteiger partial charge on any atom is 0.0244 e. The zero-order valence-electron chi connectivity index (χ0n) is 6.23. The van der Waals surface area contributed by atoms with Crippen molar-refractivity contribution >= 4 is 24.0 Å². The molecule has 1 heterocycles. The first-order chi connectivity index (χ1) is 5.86. The number of hydrogen-bond acceptors (Lipinski definition) is 3. The molecule has 0 saturated carbocycles. The number of rotatable bonds is 1. The molecule has 2 aromatic rings. The maximum absolute atomic E-state index is 4.94. The maximum atomic E-state index is 4.94. The third-order valence-corrected chi connectivity index (χ3v) is 2.74.